The first-order valence-corrected chi connectivity index (χ1v) is 6.81. The van der Waals surface area contributed by atoms with Gasteiger partial charge in [0.15, 0.2) is 0 Å². The Hall–Kier alpha value is -1.88. The van der Waals surface area contributed by atoms with E-state index in [0.717, 1.165) is 5.56 Å². The minimum absolute atomic E-state index is 0.286. The second-order valence-corrected chi connectivity index (χ2v) is 4.63. The molecular weight excluding hydrogens is 256 g/mol. The summed E-state index contributed by atoms with van der Waals surface area (Å²) in [5.41, 5.74) is 6.61. The summed E-state index contributed by atoms with van der Waals surface area (Å²) in [6, 6.07) is 8.47. The lowest BCUT2D eigenvalue weighted by Gasteiger charge is -2.18. The fourth-order valence-electron chi connectivity index (χ4n) is 1.75. The molecule has 2 atom stereocenters. The number of nitrogens with two attached hydrogens (primary N) is 1. The number of hydrogen-bond acceptors (Lipinski definition) is 4. The molecule has 1 amide bonds. The lowest BCUT2D eigenvalue weighted by atomic mass is 10.0. The van der Waals surface area contributed by atoms with Crippen LogP contribution in [0.1, 0.15) is 25.8 Å². The van der Waals surface area contributed by atoms with Crippen LogP contribution in [0.3, 0.4) is 0 Å². The van der Waals surface area contributed by atoms with E-state index in [9.17, 15) is 9.59 Å². The molecule has 20 heavy (non-hydrogen) atoms. The Kier molecular flexibility index (Phi) is 6.73. The molecule has 0 saturated heterocycles. The molecule has 1 aromatic rings. The van der Waals surface area contributed by atoms with E-state index in [2.05, 4.69) is 5.32 Å². The predicted octanol–water partition coefficient (Wildman–Crippen LogP) is 1.01. The first kappa shape index (κ1) is 16.2. The van der Waals surface area contributed by atoms with Gasteiger partial charge in [-0.15, -0.1) is 0 Å². The third kappa shape index (κ3) is 5.40. The van der Waals surface area contributed by atoms with E-state index >= 15 is 0 Å². The highest BCUT2D eigenvalue weighted by molar-refractivity contribution is 5.87. The van der Waals surface area contributed by atoms with Crippen molar-refractivity contribution in [2.45, 2.75) is 38.8 Å². The Balaban J connectivity index is 2.62. The van der Waals surface area contributed by atoms with Gasteiger partial charge in [0, 0.05) is 0 Å². The van der Waals surface area contributed by atoms with Crippen LogP contribution < -0.4 is 11.1 Å². The monoisotopic (exact) mass is 278 g/mol. The van der Waals surface area contributed by atoms with Crippen LogP contribution in [0.2, 0.25) is 0 Å². The molecule has 0 heterocycles. The van der Waals surface area contributed by atoms with E-state index in [1.54, 1.807) is 13.8 Å². The van der Waals surface area contributed by atoms with Crippen molar-refractivity contribution in [2.24, 2.45) is 5.73 Å². The number of esters is 1. The maximum Gasteiger partial charge on any atom is 0.328 e. The van der Waals surface area contributed by atoms with Crippen LogP contribution in [0.5, 0.6) is 0 Å². The average Bonchev–Trinajstić information content (AvgIpc) is 2.44. The van der Waals surface area contributed by atoms with Crippen LogP contribution in [-0.4, -0.2) is 30.6 Å². The zero-order chi connectivity index (χ0) is 15.0. The Labute approximate surface area is 119 Å². The van der Waals surface area contributed by atoms with E-state index in [1.165, 1.54) is 0 Å². The third-order valence-electron chi connectivity index (χ3n) is 2.87. The first-order chi connectivity index (χ1) is 9.54. The molecule has 3 N–H and O–H groups in total. The van der Waals surface area contributed by atoms with Gasteiger partial charge in [0.25, 0.3) is 0 Å². The molecule has 0 aromatic heterocycles. The normalized spacial score (nSPS) is 13.3. The summed E-state index contributed by atoms with van der Waals surface area (Å²) in [6.45, 7) is 3.60. The van der Waals surface area contributed by atoms with Gasteiger partial charge in [-0.1, -0.05) is 30.3 Å². The van der Waals surface area contributed by atoms with Gasteiger partial charge in [-0.05, 0) is 32.3 Å². The van der Waals surface area contributed by atoms with Gasteiger partial charge in [-0.3, -0.25) is 4.79 Å². The topological polar surface area (TPSA) is 81.4 Å². The van der Waals surface area contributed by atoms with E-state index in [1.807, 2.05) is 30.3 Å². The number of rotatable bonds is 7. The molecule has 110 valence electrons. The molecule has 0 aliphatic heterocycles. The van der Waals surface area contributed by atoms with Gasteiger partial charge in [-0.25, -0.2) is 4.79 Å². The number of nitrogens with one attached hydrogen (secondary N) is 1. The van der Waals surface area contributed by atoms with Crippen molar-refractivity contribution in [3.05, 3.63) is 35.9 Å². The summed E-state index contributed by atoms with van der Waals surface area (Å²) < 4.78 is 4.98. The minimum Gasteiger partial charge on any atom is -0.464 e. The average molecular weight is 278 g/mol. The molecule has 0 spiro atoms. The SMILES string of the molecule is CCOC(=O)C(CCc1ccccc1)NC(=O)C(C)N. The summed E-state index contributed by atoms with van der Waals surface area (Å²) in [7, 11) is 0. The number of benzene rings is 1. The molecule has 0 fully saturated rings. The summed E-state index contributed by atoms with van der Waals surface area (Å²) >= 11 is 0. The predicted molar refractivity (Wildman–Crippen MR) is 77.0 cm³/mol. The fraction of sp³-hybridized carbons (Fsp3) is 0.467. The smallest absolute Gasteiger partial charge is 0.328 e. The Morgan fingerprint density at radius 1 is 1.30 bits per heavy atom. The number of amides is 1. The molecule has 5 heteroatoms. The summed E-state index contributed by atoms with van der Waals surface area (Å²) in [4.78, 5) is 23.5. The molecular formula is C15H22N2O3. The maximum absolute atomic E-state index is 11.8. The minimum atomic E-state index is -0.659. The van der Waals surface area contributed by atoms with Crippen molar-refractivity contribution in [1.82, 2.24) is 5.32 Å². The second-order valence-electron chi connectivity index (χ2n) is 4.63. The Morgan fingerprint density at radius 2 is 1.95 bits per heavy atom. The number of carbonyl (C=O) groups excluding carboxylic acids is 2. The van der Waals surface area contributed by atoms with Crippen LogP contribution >= 0.6 is 0 Å². The van der Waals surface area contributed by atoms with Gasteiger partial charge in [0.05, 0.1) is 12.6 Å². The summed E-state index contributed by atoms with van der Waals surface area (Å²) in [5, 5.41) is 2.63. The van der Waals surface area contributed by atoms with Gasteiger partial charge in [0.1, 0.15) is 6.04 Å². The molecule has 2 unspecified atom stereocenters. The lowest BCUT2D eigenvalue weighted by molar-refractivity contribution is -0.147. The number of ether oxygens (including phenoxy) is 1. The highest BCUT2D eigenvalue weighted by atomic mass is 16.5. The van der Waals surface area contributed by atoms with Crippen LogP contribution in [0.15, 0.2) is 30.3 Å². The van der Waals surface area contributed by atoms with Crippen molar-refractivity contribution in [3.8, 4) is 0 Å². The largest absolute Gasteiger partial charge is 0.464 e. The molecule has 1 rings (SSSR count). The molecule has 0 aliphatic rings. The van der Waals surface area contributed by atoms with Gasteiger partial charge >= 0.3 is 5.97 Å². The van der Waals surface area contributed by atoms with E-state index in [-0.39, 0.29) is 12.5 Å². The first-order valence-electron chi connectivity index (χ1n) is 6.81. The Morgan fingerprint density at radius 3 is 2.50 bits per heavy atom. The van der Waals surface area contributed by atoms with E-state index in [4.69, 9.17) is 10.5 Å². The maximum atomic E-state index is 11.8. The molecule has 0 bridgehead atoms. The molecule has 0 saturated carbocycles. The third-order valence-corrected chi connectivity index (χ3v) is 2.87. The number of hydrogen-bond donors (Lipinski definition) is 2. The van der Waals surface area contributed by atoms with Gasteiger partial charge in [-0.2, -0.15) is 0 Å². The van der Waals surface area contributed by atoms with Crippen LogP contribution in [-0.2, 0) is 20.7 Å². The number of carbonyl (C=O) groups is 2. The zero-order valence-corrected chi connectivity index (χ0v) is 12.0. The fourth-order valence-corrected chi connectivity index (χ4v) is 1.75. The highest BCUT2D eigenvalue weighted by Gasteiger charge is 2.23. The van der Waals surface area contributed by atoms with Crippen LogP contribution in [0.25, 0.3) is 0 Å². The lowest BCUT2D eigenvalue weighted by Crippen LogP contribution is -2.48. The molecule has 5 nitrogen and oxygen atoms in total. The van der Waals surface area contributed by atoms with Crippen molar-refractivity contribution < 1.29 is 14.3 Å². The van der Waals surface area contributed by atoms with Crippen LogP contribution in [0.4, 0.5) is 0 Å². The second kappa shape index (κ2) is 8.32. The van der Waals surface area contributed by atoms with E-state index in [0.29, 0.717) is 12.8 Å². The van der Waals surface area contributed by atoms with Crippen molar-refractivity contribution in [2.75, 3.05) is 6.61 Å². The van der Waals surface area contributed by atoms with Crippen molar-refractivity contribution in [1.29, 1.82) is 0 Å². The quantitative estimate of drug-likeness (QED) is 0.729. The summed E-state index contributed by atoms with van der Waals surface area (Å²) in [6.07, 6.45) is 1.17. The van der Waals surface area contributed by atoms with Gasteiger partial charge in [0.2, 0.25) is 5.91 Å². The zero-order valence-electron chi connectivity index (χ0n) is 12.0. The number of aryl methyl sites for hydroxylation is 1. The van der Waals surface area contributed by atoms with Crippen molar-refractivity contribution in [3.63, 3.8) is 0 Å². The van der Waals surface area contributed by atoms with Crippen molar-refractivity contribution >= 4 is 11.9 Å². The van der Waals surface area contributed by atoms with Crippen LogP contribution in [0, 0.1) is 0 Å². The standard InChI is InChI=1S/C15H22N2O3/c1-3-20-15(19)13(17-14(18)11(2)16)10-9-12-7-5-4-6-8-12/h4-8,11,13H,3,9-10,16H2,1-2H3,(H,17,18). The van der Waals surface area contributed by atoms with E-state index < -0.39 is 18.1 Å². The van der Waals surface area contributed by atoms with Gasteiger partial charge < -0.3 is 15.8 Å². The Bertz CT molecular complexity index is 432. The molecule has 0 radical (unpaired) electrons. The highest BCUT2D eigenvalue weighted by Crippen LogP contribution is 2.06. The summed E-state index contributed by atoms with van der Waals surface area (Å²) in [5.74, 6) is -0.770. The molecule has 1 aromatic carbocycles. The molecule has 0 aliphatic carbocycles.